The number of rotatable bonds is 4. The van der Waals surface area contributed by atoms with Gasteiger partial charge in [-0.15, -0.1) is 0 Å². The van der Waals surface area contributed by atoms with Crippen LogP contribution in [0.5, 0.6) is 11.5 Å². The van der Waals surface area contributed by atoms with E-state index < -0.39 is 12.0 Å². The summed E-state index contributed by atoms with van der Waals surface area (Å²) in [6.45, 7) is 0.368. The Bertz CT molecular complexity index is 698. The fraction of sp³-hybridized carbons (Fsp3) is 0.412. The molecule has 1 aromatic carbocycles. The molecule has 0 saturated carbocycles. The Morgan fingerprint density at radius 2 is 2.12 bits per heavy atom. The number of methoxy groups -OCH3 is 2. The highest BCUT2D eigenvalue weighted by Crippen LogP contribution is 2.31. The second kappa shape index (κ2) is 6.52. The lowest BCUT2D eigenvalue weighted by atomic mass is 10.1. The SMILES string of the molecule is COc1ccc2c(c1)C=C(C(=O)N1CC(OC)CC1C(=O)O)CO2. The van der Waals surface area contributed by atoms with Crippen molar-refractivity contribution in [2.24, 2.45) is 0 Å². The highest BCUT2D eigenvalue weighted by Gasteiger charge is 2.41. The summed E-state index contributed by atoms with van der Waals surface area (Å²) in [7, 11) is 3.08. The maximum Gasteiger partial charge on any atom is 0.326 e. The van der Waals surface area contributed by atoms with E-state index in [-0.39, 0.29) is 31.6 Å². The summed E-state index contributed by atoms with van der Waals surface area (Å²) in [5.41, 5.74) is 1.15. The third-order valence-electron chi connectivity index (χ3n) is 4.35. The standard InChI is InChI=1S/C17H19NO6/c1-22-12-3-4-15-10(6-12)5-11(9-24-15)16(19)18-8-13(23-2)7-14(18)17(20)21/h3-6,13-14H,7-9H2,1-2H3,(H,20,21). The van der Waals surface area contributed by atoms with Crippen molar-refractivity contribution in [3.05, 3.63) is 29.3 Å². The first-order valence-corrected chi connectivity index (χ1v) is 7.61. The Labute approximate surface area is 139 Å². The Kier molecular flexibility index (Phi) is 4.44. The Morgan fingerprint density at radius 1 is 1.33 bits per heavy atom. The van der Waals surface area contributed by atoms with Gasteiger partial charge in [-0.1, -0.05) is 0 Å². The maximum absolute atomic E-state index is 12.8. The van der Waals surface area contributed by atoms with Gasteiger partial charge in [0.25, 0.3) is 5.91 Å². The van der Waals surface area contributed by atoms with Crippen molar-refractivity contribution in [3.8, 4) is 11.5 Å². The monoisotopic (exact) mass is 333 g/mol. The number of carboxylic acid groups (broad SMARTS) is 1. The average Bonchev–Trinajstić information content (AvgIpc) is 3.04. The normalized spacial score (nSPS) is 22.4. The molecule has 0 spiro atoms. The molecule has 0 radical (unpaired) electrons. The highest BCUT2D eigenvalue weighted by molar-refractivity contribution is 6.01. The van der Waals surface area contributed by atoms with Crippen molar-refractivity contribution in [1.82, 2.24) is 4.90 Å². The summed E-state index contributed by atoms with van der Waals surface area (Å²) < 4.78 is 16.0. The zero-order chi connectivity index (χ0) is 17.3. The van der Waals surface area contributed by atoms with Gasteiger partial charge in [-0.3, -0.25) is 4.79 Å². The van der Waals surface area contributed by atoms with Gasteiger partial charge in [-0.05, 0) is 24.3 Å². The maximum atomic E-state index is 12.8. The summed E-state index contributed by atoms with van der Waals surface area (Å²) in [5.74, 6) is -0.0395. The average molecular weight is 333 g/mol. The van der Waals surface area contributed by atoms with Crippen LogP contribution in [0.25, 0.3) is 6.08 Å². The largest absolute Gasteiger partial charge is 0.497 e. The Morgan fingerprint density at radius 3 is 2.79 bits per heavy atom. The number of hydrogen-bond donors (Lipinski definition) is 1. The van der Waals surface area contributed by atoms with Crippen LogP contribution in [0, 0.1) is 0 Å². The molecule has 2 aliphatic heterocycles. The number of carbonyl (C=O) groups is 2. The number of ether oxygens (including phenoxy) is 3. The molecule has 1 saturated heterocycles. The van der Waals surface area contributed by atoms with E-state index in [4.69, 9.17) is 14.2 Å². The van der Waals surface area contributed by atoms with Crippen molar-refractivity contribution in [3.63, 3.8) is 0 Å². The van der Waals surface area contributed by atoms with Crippen molar-refractivity contribution < 1.29 is 28.9 Å². The molecule has 1 aromatic rings. The summed E-state index contributed by atoms with van der Waals surface area (Å²) in [5, 5.41) is 9.35. The van der Waals surface area contributed by atoms with Crippen LogP contribution in [0.4, 0.5) is 0 Å². The molecule has 3 rings (SSSR count). The van der Waals surface area contributed by atoms with Gasteiger partial charge in [0.05, 0.1) is 18.8 Å². The van der Waals surface area contributed by atoms with E-state index in [1.807, 2.05) is 0 Å². The molecule has 128 valence electrons. The molecule has 24 heavy (non-hydrogen) atoms. The quantitative estimate of drug-likeness (QED) is 0.890. The van der Waals surface area contributed by atoms with Crippen LogP contribution < -0.4 is 9.47 Å². The van der Waals surface area contributed by atoms with E-state index in [2.05, 4.69) is 0 Å². The van der Waals surface area contributed by atoms with Gasteiger partial charge >= 0.3 is 5.97 Å². The first-order chi connectivity index (χ1) is 11.5. The number of aliphatic carboxylic acids is 1. The number of carboxylic acids is 1. The molecule has 0 aliphatic carbocycles. The molecular formula is C17H19NO6. The van der Waals surface area contributed by atoms with Crippen molar-refractivity contribution in [2.75, 3.05) is 27.4 Å². The van der Waals surface area contributed by atoms with Crippen molar-refractivity contribution in [2.45, 2.75) is 18.6 Å². The van der Waals surface area contributed by atoms with Gasteiger partial charge in [0, 0.05) is 25.6 Å². The van der Waals surface area contributed by atoms with Gasteiger partial charge in [0.2, 0.25) is 0 Å². The lowest BCUT2D eigenvalue weighted by Crippen LogP contribution is -2.42. The topological polar surface area (TPSA) is 85.3 Å². The summed E-state index contributed by atoms with van der Waals surface area (Å²) in [6, 6.07) is 4.46. The number of likely N-dealkylation sites (tertiary alicyclic amines) is 1. The van der Waals surface area contributed by atoms with Crippen molar-refractivity contribution >= 4 is 18.0 Å². The van der Waals surface area contributed by atoms with Crippen LogP contribution >= 0.6 is 0 Å². The molecule has 1 amide bonds. The van der Waals surface area contributed by atoms with Crippen LogP contribution in [0.2, 0.25) is 0 Å². The summed E-state index contributed by atoms with van der Waals surface area (Å²) >= 11 is 0. The van der Waals surface area contributed by atoms with Crippen LogP contribution in [-0.4, -0.2) is 61.4 Å². The van der Waals surface area contributed by atoms with E-state index in [0.717, 1.165) is 5.56 Å². The minimum absolute atomic E-state index is 0.110. The predicted molar refractivity (Wildman–Crippen MR) is 85.0 cm³/mol. The molecule has 0 aromatic heterocycles. The van der Waals surface area contributed by atoms with Gasteiger partial charge in [0.15, 0.2) is 0 Å². The molecule has 2 atom stereocenters. The first-order valence-electron chi connectivity index (χ1n) is 7.61. The van der Waals surface area contributed by atoms with E-state index >= 15 is 0 Å². The molecule has 2 unspecified atom stereocenters. The molecular weight excluding hydrogens is 314 g/mol. The van der Waals surface area contributed by atoms with E-state index in [0.29, 0.717) is 17.1 Å². The molecule has 0 bridgehead atoms. The Balaban J connectivity index is 1.86. The van der Waals surface area contributed by atoms with Crippen LogP contribution in [0.1, 0.15) is 12.0 Å². The number of hydrogen-bond acceptors (Lipinski definition) is 5. The fourth-order valence-corrected chi connectivity index (χ4v) is 3.02. The number of benzene rings is 1. The van der Waals surface area contributed by atoms with E-state index in [1.54, 1.807) is 31.4 Å². The van der Waals surface area contributed by atoms with Crippen molar-refractivity contribution in [1.29, 1.82) is 0 Å². The number of nitrogens with zero attached hydrogens (tertiary/aromatic N) is 1. The third kappa shape index (κ3) is 2.94. The molecule has 1 N–H and O–H groups in total. The summed E-state index contributed by atoms with van der Waals surface area (Å²) in [4.78, 5) is 25.5. The van der Waals surface area contributed by atoms with Crippen LogP contribution in [-0.2, 0) is 14.3 Å². The minimum atomic E-state index is -1.03. The van der Waals surface area contributed by atoms with E-state index in [9.17, 15) is 14.7 Å². The van der Waals surface area contributed by atoms with E-state index in [1.165, 1.54) is 12.0 Å². The van der Waals surface area contributed by atoms with Gasteiger partial charge in [0.1, 0.15) is 24.1 Å². The molecule has 1 fully saturated rings. The van der Waals surface area contributed by atoms with Gasteiger partial charge < -0.3 is 24.2 Å². The minimum Gasteiger partial charge on any atom is -0.497 e. The highest BCUT2D eigenvalue weighted by atomic mass is 16.5. The molecule has 2 heterocycles. The molecule has 2 aliphatic rings. The number of fused-ring (bicyclic) bond motifs is 1. The number of amides is 1. The Hall–Kier alpha value is -2.54. The second-order valence-electron chi connectivity index (χ2n) is 5.77. The smallest absolute Gasteiger partial charge is 0.326 e. The predicted octanol–water partition coefficient (Wildman–Crippen LogP) is 1.17. The molecule has 7 nitrogen and oxygen atoms in total. The third-order valence-corrected chi connectivity index (χ3v) is 4.35. The lowest BCUT2D eigenvalue weighted by Gasteiger charge is -2.25. The number of carbonyl (C=O) groups excluding carboxylic acids is 1. The van der Waals surface area contributed by atoms with Gasteiger partial charge in [-0.25, -0.2) is 4.79 Å². The van der Waals surface area contributed by atoms with Gasteiger partial charge in [-0.2, -0.15) is 0 Å². The fourth-order valence-electron chi connectivity index (χ4n) is 3.02. The zero-order valence-corrected chi connectivity index (χ0v) is 13.5. The first kappa shape index (κ1) is 16.3. The molecule has 7 heteroatoms. The van der Waals surface area contributed by atoms with Crippen LogP contribution in [0.3, 0.4) is 0 Å². The van der Waals surface area contributed by atoms with Crippen LogP contribution in [0.15, 0.2) is 23.8 Å². The lowest BCUT2D eigenvalue weighted by molar-refractivity contribution is -0.147. The summed E-state index contributed by atoms with van der Waals surface area (Å²) in [6.07, 6.45) is 1.74. The second-order valence-corrected chi connectivity index (χ2v) is 5.77. The zero-order valence-electron chi connectivity index (χ0n) is 13.5.